The molecule has 110 valence electrons. The minimum Gasteiger partial charge on any atom is -0.481 e. The molecule has 0 saturated heterocycles. The first-order valence-electron chi connectivity index (χ1n) is 7.15. The van der Waals surface area contributed by atoms with Gasteiger partial charge < -0.3 is 10.4 Å². The van der Waals surface area contributed by atoms with Crippen molar-refractivity contribution in [2.24, 2.45) is 0 Å². The van der Waals surface area contributed by atoms with Gasteiger partial charge in [0.2, 0.25) is 0 Å². The van der Waals surface area contributed by atoms with Crippen molar-refractivity contribution in [3.05, 3.63) is 64.7 Å². The maximum atomic E-state index is 10.6. The fraction of sp³-hybridized carbons (Fsp3) is 0.278. The van der Waals surface area contributed by atoms with Crippen LogP contribution in [-0.2, 0) is 17.8 Å². The number of carboxylic acid groups (broad SMARTS) is 1. The van der Waals surface area contributed by atoms with Gasteiger partial charge in [-0.05, 0) is 49.1 Å². The van der Waals surface area contributed by atoms with Crippen LogP contribution < -0.4 is 5.32 Å². The molecule has 2 rings (SSSR count). The summed E-state index contributed by atoms with van der Waals surface area (Å²) in [5.74, 6) is -0.761. The Morgan fingerprint density at radius 1 is 1.14 bits per heavy atom. The molecule has 2 aromatic rings. The lowest BCUT2D eigenvalue weighted by Gasteiger charge is -2.11. The molecule has 3 heteroatoms. The van der Waals surface area contributed by atoms with E-state index in [2.05, 4.69) is 37.4 Å². The van der Waals surface area contributed by atoms with Gasteiger partial charge in [-0.25, -0.2) is 0 Å². The number of aliphatic carboxylic acids is 1. The summed E-state index contributed by atoms with van der Waals surface area (Å²) in [5.41, 5.74) is 5.90. The molecule has 3 nitrogen and oxygen atoms in total. The number of carboxylic acids is 1. The van der Waals surface area contributed by atoms with Gasteiger partial charge in [-0.15, -0.1) is 0 Å². The third-order valence-electron chi connectivity index (χ3n) is 3.54. The molecule has 0 fully saturated rings. The first kappa shape index (κ1) is 15.1. The van der Waals surface area contributed by atoms with E-state index in [1.165, 1.54) is 16.7 Å². The van der Waals surface area contributed by atoms with E-state index in [-0.39, 0.29) is 6.42 Å². The molecule has 2 N–H and O–H groups in total. The fourth-order valence-corrected chi connectivity index (χ4v) is 2.33. The molecule has 0 spiro atoms. The van der Waals surface area contributed by atoms with Crippen LogP contribution in [-0.4, -0.2) is 11.1 Å². The van der Waals surface area contributed by atoms with Crippen molar-refractivity contribution in [3.63, 3.8) is 0 Å². The largest absolute Gasteiger partial charge is 0.481 e. The van der Waals surface area contributed by atoms with Gasteiger partial charge in [0.15, 0.2) is 0 Å². The van der Waals surface area contributed by atoms with E-state index in [0.717, 1.165) is 17.8 Å². The van der Waals surface area contributed by atoms with Gasteiger partial charge in [-0.1, -0.05) is 35.9 Å². The lowest BCUT2D eigenvalue weighted by molar-refractivity contribution is -0.136. The zero-order valence-electron chi connectivity index (χ0n) is 12.5. The van der Waals surface area contributed by atoms with Crippen LogP contribution in [0.1, 0.15) is 28.7 Å². The second-order valence-corrected chi connectivity index (χ2v) is 5.38. The van der Waals surface area contributed by atoms with Crippen LogP contribution in [0.15, 0.2) is 42.5 Å². The highest BCUT2D eigenvalue weighted by Gasteiger charge is 2.02. The third kappa shape index (κ3) is 4.63. The number of rotatable bonds is 6. The van der Waals surface area contributed by atoms with Crippen molar-refractivity contribution in [2.45, 2.75) is 33.2 Å². The molecule has 0 aliphatic heterocycles. The molecule has 0 bridgehead atoms. The van der Waals surface area contributed by atoms with Gasteiger partial charge in [0.05, 0.1) is 0 Å². The van der Waals surface area contributed by atoms with Gasteiger partial charge in [0.1, 0.15) is 0 Å². The Bertz CT molecular complexity index is 635. The van der Waals surface area contributed by atoms with Crippen molar-refractivity contribution >= 4 is 11.7 Å². The summed E-state index contributed by atoms with van der Waals surface area (Å²) in [5, 5.41) is 12.1. The molecular formula is C18H21NO2. The van der Waals surface area contributed by atoms with Crippen LogP contribution in [0.25, 0.3) is 0 Å². The summed E-state index contributed by atoms with van der Waals surface area (Å²) in [6.07, 6.45) is 0.731. The number of carbonyl (C=O) groups is 1. The van der Waals surface area contributed by atoms with E-state index in [0.29, 0.717) is 6.42 Å². The lowest BCUT2D eigenvalue weighted by Crippen LogP contribution is -2.02. The molecule has 0 aliphatic rings. The van der Waals surface area contributed by atoms with Crippen molar-refractivity contribution in [2.75, 3.05) is 5.32 Å². The third-order valence-corrected chi connectivity index (χ3v) is 3.54. The zero-order chi connectivity index (χ0) is 15.2. The van der Waals surface area contributed by atoms with E-state index in [4.69, 9.17) is 5.11 Å². The Kier molecular flexibility index (Phi) is 4.99. The molecule has 0 radical (unpaired) electrons. The van der Waals surface area contributed by atoms with Crippen LogP contribution in [0.3, 0.4) is 0 Å². The highest BCUT2D eigenvalue weighted by atomic mass is 16.4. The molecule has 0 aliphatic carbocycles. The minimum atomic E-state index is -0.761. The van der Waals surface area contributed by atoms with Crippen LogP contribution in [0.5, 0.6) is 0 Å². The topological polar surface area (TPSA) is 49.3 Å². The molecular weight excluding hydrogens is 262 g/mol. The molecule has 0 heterocycles. The van der Waals surface area contributed by atoms with Crippen molar-refractivity contribution in [1.82, 2.24) is 0 Å². The minimum absolute atomic E-state index is 0.167. The van der Waals surface area contributed by atoms with Crippen LogP contribution in [0, 0.1) is 13.8 Å². The number of aryl methyl sites for hydroxylation is 3. The van der Waals surface area contributed by atoms with Crippen LogP contribution >= 0.6 is 0 Å². The summed E-state index contributed by atoms with van der Waals surface area (Å²) in [7, 11) is 0. The first-order chi connectivity index (χ1) is 10.0. The number of nitrogens with one attached hydrogen (secondary N) is 1. The van der Waals surface area contributed by atoms with E-state index in [1.807, 2.05) is 24.3 Å². The van der Waals surface area contributed by atoms with E-state index in [9.17, 15) is 4.79 Å². The smallest absolute Gasteiger partial charge is 0.303 e. The SMILES string of the molecule is Cc1ccc(CNc2cccc(CCC(=O)O)c2)c(C)c1. The highest BCUT2D eigenvalue weighted by Crippen LogP contribution is 2.16. The van der Waals surface area contributed by atoms with E-state index < -0.39 is 5.97 Å². The number of benzene rings is 2. The summed E-state index contributed by atoms with van der Waals surface area (Å²) in [4.78, 5) is 10.6. The van der Waals surface area contributed by atoms with Crippen molar-refractivity contribution in [3.8, 4) is 0 Å². The average molecular weight is 283 g/mol. The predicted molar refractivity (Wildman–Crippen MR) is 85.6 cm³/mol. The zero-order valence-corrected chi connectivity index (χ0v) is 12.5. The maximum absolute atomic E-state index is 10.6. The summed E-state index contributed by atoms with van der Waals surface area (Å²) < 4.78 is 0. The predicted octanol–water partition coefficient (Wildman–Crippen LogP) is 3.93. The normalized spacial score (nSPS) is 10.4. The quantitative estimate of drug-likeness (QED) is 0.844. The number of anilines is 1. The van der Waals surface area contributed by atoms with Crippen molar-refractivity contribution < 1.29 is 9.90 Å². The monoisotopic (exact) mass is 283 g/mol. The molecule has 2 aromatic carbocycles. The van der Waals surface area contributed by atoms with Gasteiger partial charge in [0, 0.05) is 18.7 Å². The van der Waals surface area contributed by atoms with Crippen LogP contribution in [0.4, 0.5) is 5.69 Å². The Balaban J connectivity index is 1.99. The first-order valence-corrected chi connectivity index (χ1v) is 7.15. The Hall–Kier alpha value is -2.29. The fourth-order valence-electron chi connectivity index (χ4n) is 2.33. The Labute approximate surface area is 125 Å². The molecule has 0 saturated carbocycles. The summed E-state index contributed by atoms with van der Waals surface area (Å²) >= 11 is 0. The Morgan fingerprint density at radius 3 is 2.67 bits per heavy atom. The molecule has 0 atom stereocenters. The second kappa shape index (κ2) is 6.93. The molecule has 0 aromatic heterocycles. The van der Waals surface area contributed by atoms with Crippen LogP contribution in [0.2, 0.25) is 0 Å². The van der Waals surface area contributed by atoms with E-state index >= 15 is 0 Å². The molecule has 0 unspecified atom stereocenters. The Morgan fingerprint density at radius 2 is 1.95 bits per heavy atom. The number of hydrogen-bond donors (Lipinski definition) is 2. The highest BCUT2D eigenvalue weighted by molar-refractivity contribution is 5.67. The van der Waals surface area contributed by atoms with Gasteiger partial charge >= 0.3 is 5.97 Å². The van der Waals surface area contributed by atoms with Crippen molar-refractivity contribution in [1.29, 1.82) is 0 Å². The standard InChI is InChI=1S/C18H21NO2/c1-13-6-8-16(14(2)10-13)12-19-17-5-3-4-15(11-17)7-9-18(20)21/h3-6,8,10-11,19H,7,9,12H2,1-2H3,(H,20,21). The molecule has 21 heavy (non-hydrogen) atoms. The molecule has 0 amide bonds. The van der Waals surface area contributed by atoms with Gasteiger partial charge in [-0.2, -0.15) is 0 Å². The second-order valence-electron chi connectivity index (χ2n) is 5.38. The lowest BCUT2D eigenvalue weighted by atomic mass is 10.1. The van der Waals surface area contributed by atoms with Gasteiger partial charge in [0.25, 0.3) is 0 Å². The summed E-state index contributed by atoms with van der Waals surface area (Å²) in [6.45, 7) is 4.98. The average Bonchev–Trinajstić information content (AvgIpc) is 2.45. The maximum Gasteiger partial charge on any atom is 0.303 e. The summed E-state index contributed by atoms with van der Waals surface area (Å²) in [6, 6.07) is 14.4. The van der Waals surface area contributed by atoms with E-state index in [1.54, 1.807) is 0 Å². The van der Waals surface area contributed by atoms with Gasteiger partial charge in [-0.3, -0.25) is 4.79 Å². The number of hydrogen-bond acceptors (Lipinski definition) is 2.